The van der Waals surface area contributed by atoms with Gasteiger partial charge in [-0.15, -0.1) is 0 Å². The summed E-state index contributed by atoms with van der Waals surface area (Å²) in [4.78, 5) is 25.2. The Labute approximate surface area is 143 Å². The molecule has 1 aliphatic heterocycles. The van der Waals surface area contributed by atoms with E-state index in [-0.39, 0.29) is 5.91 Å². The Morgan fingerprint density at radius 3 is 2.88 bits per heavy atom. The van der Waals surface area contributed by atoms with Crippen LogP contribution in [0.25, 0.3) is 0 Å². The summed E-state index contributed by atoms with van der Waals surface area (Å²) in [6.07, 6.45) is 6.13. The summed E-state index contributed by atoms with van der Waals surface area (Å²) in [5.41, 5.74) is 2.10. The zero-order valence-electron chi connectivity index (χ0n) is 14.4. The maximum absolute atomic E-state index is 12.6. The first-order valence-corrected chi connectivity index (χ1v) is 8.44. The molecule has 1 amide bonds. The minimum Gasteiger partial charge on any atom is -0.363 e. The lowest BCUT2D eigenvalue weighted by Gasteiger charge is -2.33. The van der Waals surface area contributed by atoms with Crippen molar-refractivity contribution in [3.8, 4) is 0 Å². The minimum atomic E-state index is 0.167. The van der Waals surface area contributed by atoms with Crippen LogP contribution in [0.4, 0.5) is 5.82 Å². The van der Waals surface area contributed by atoms with Gasteiger partial charge in [0.05, 0.1) is 6.42 Å². The van der Waals surface area contributed by atoms with Gasteiger partial charge >= 0.3 is 0 Å². The summed E-state index contributed by atoms with van der Waals surface area (Å²) in [6, 6.07) is 9.92. The van der Waals surface area contributed by atoms with E-state index in [1.54, 1.807) is 6.20 Å². The van der Waals surface area contributed by atoms with Crippen molar-refractivity contribution in [2.75, 3.05) is 32.1 Å². The van der Waals surface area contributed by atoms with Crippen molar-refractivity contribution >= 4 is 11.7 Å². The van der Waals surface area contributed by atoms with Gasteiger partial charge in [0.2, 0.25) is 5.91 Å². The maximum atomic E-state index is 12.6. The molecule has 126 valence electrons. The maximum Gasteiger partial charge on any atom is 0.228 e. The summed E-state index contributed by atoms with van der Waals surface area (Å²) >= 11 is 0. The number of carbonyl (C=O) groups excluding carboxylic acids is 1. The average molecular weight is 324 g/mol. The van der Waals surface area contributed by atoms with Crippen molar-refractivity contribution in [2.24, 2.45) is 0 Å². The fraction of sp³-hybridized carbons (Fsp3) is 0.421. The molecule has 0 N–H and O–H groups in total. The van der Waals surface area contributed by atoms with E-state index in [1.165, 1.54) is 5.56 Å². The zero-order chi connectivity index (χ0) is 16.9. The molecule has 1 saturated heterocycles. The molecular weight excluding hydrogens is 300 g/mol. The second-order valence-electron chi connectivity index (χ2n) is 6.52. The van der Waals surface area contributed by atoms with Crippen LogP contribution in [0, 0.1) is 0 Å². The summed E-state index contributed by atoms with van der Waals surface area (Å²) in [6.45, 7) is 1.62. The molecule has 5 heteroatoms. The number of piperidine rings is 1. The van der Waals surface area contributed by atoms with Gasteiger partial charge in [-0.1, -0.05) is 6.07 Å². The summed E-state index contributed by atoms with van der Waals surface area (Å²) in [5, 5.41) is 0. The summed E-state index contributed by atoms with van der Waals surface area (Å²) in [5.74, 6) is 1.51. The Bertz CT molecular complexity index is 687. The number of aromatic nitrogens is 2. The molecule has 0 spiro atoms. The topological polar surface area (TPSA) is 49.3 Å². The van der Waals surface area contributed by atoms with E-state index in [9.17, 15) is 4.79 Å². The van der Waals surface area contributed by atoms with Crippen LogP contribution >= 0.6 is 0 Å². The predicted octanol–water partition coefficient (Wildman–Crippen LogP) is 2.49. The molecule has 0 radical (unpaired) electrons. The number of carbonyl (C=O) groups is 1. The monoisotopic (exact) mass is 324 g/mol. The Balaban J connectivity index is 1.68. The highest BCUT2D eigenvalue weighted by Gasteiger charge is 2.25. The average Bonchev–Trinajstić information content (AvgIpc) is 2.63. The van der Waals surface area contributed by atoms with E-state index in [1.807, 2.05) is 48.3 Å². The molecule has 0 aromatic carbocycles. The molecule has 2 aromatic heterocycles. The predicted molar refractivity (Wildman–Crippen MR) is 95.1 cm³/mol. The van der Waals surface area contributed by atoms with E-state index in [0.29, 0.717) is 12.3 Å². The molecule has 0 saturated carbocycles. The van der Waals surface area contributed by atoms with Gasteiger partial charge in [0.15, 0.2) is 0 Å². The number of pyridine rings is 2. The standard InChI is InChI=1S/C19H24N4O/c1-22(2)18-12-15(8-10-21-18)16-6-5-11-23(14-16)19(24)13-17-7-3-4-9-20-17/h3-4,7-10,12,16H,5-6,11,13-14H2,1-2H3/t16-/m0/s1. The number of nitrogens with zero attached hydrogens (tertiary/aromatic N) is 4. The van der Waals surface area contributed by atoms with Gasteiger partial charge in [0, 0.05) is 51.2 Å². The van der Waals surface area contributed by atoms with Crippen LogP contribution in [0.2, 0.25) is 0 Å². The van der Waals surface area contributed by atoms with Crippen molar-refractivity contribution in [1.82, 2.24) is 14.9 Å². The van der Waals surface area contributed by atoms with Crippen molar-refractivity contribution < 1.29 is 4.79 Å². The first kappa shape index (κ1) is 16.4. The molecule has 2 aromatic rings. The SMILES string of the molecule is CN(C)c1cc([C@H]2CCCN(C(=O)Cc3ccccn3)C2)ccn1. The lowest BCUT2D eigenvalue weighted by atomic mass is 9.91. The molecular formula is C19H24N4O. The van der Waals surface area contributed by atoms with E-state index in [4.69, 9.17) is 0 Å². The van der Waals surface area contributed by atoms with Crippen molar-refractivity contribution in [2.45, 2.75) is 25.2 Å². The van der Waals surface area contributed by atoms with Crippen LogP contribution in [0.3, 0.4) is 0 Å². The lowest BCUT2D eigenvalue weighted by Crippen LogP contribution is -2.40. The molecule has 24 heavy (non-hydrogen) atoms. The van der Waals surface area contributed by atoms with Gasteiger partial charge in [-0.2, -0.15) is 0 Å². The zero-order valence-corrected chi connectivity index (χ0v) is 14.4. The lowest BCUT2D eigenvalue weighted by molar-refractivity contribution is -0.131. The quantitative estimate of drug-likeness (QED) is 0.867. The highest BCUT2D eigenvalue weighted by Crippen LogP contribution is 2.28. The number of likely N-dealkylation sites (tertiary alicyclic amines) is 1. The molecule has 1 aliphatic rings. The van der Waals surface area contributed by atoms with Crippen LogP contribution in [0.15, 0.2) is 42.7 Å². The Hall–Kier alpha value is -2.43. The van der Waals surface area contributed by atoms with Crippen LogP contribution < -0.4 is 4.90 Å². The van der Waals surface area contributed by atoms with Gasteiger partial charge in [-0.3, -0.25) is 9.78 Å². The van der Waals surface area contributed by atoms with E-state index in [0.717, 1.165) is 37.4 Å². The molecule has 3 rings (SSSR count). The van der Waals surface area contributed by atoms with E-state index >= 15 is 0 Å². The second-order valence-corrected chi connectivity index (χ2v) is 6.52. The first-order chi connectivity index (χ1) is 11.6. The number of hydrogen-bond donors (Lipinski definition) is 0. The summed E-state index contributed by atoms with van der Waals surface area (Å²) < 4.78 is 0. The summed E-state index contributed by atoms with van der Waals surface area (Å²) in [7, 11) is 3.99. The smallest absolute Gasteiger partial charge is 0.228 e. The van der Waals surface area contributed by atoms with Gasteiger partial charge in [-0.05, 0) is 42.7 Å². The van der Waals surface area contributed by atoms with Crippen molar-refractivity contribution in [3.63, 3.8) is 0 Å². The second kappa shape index (κ2) is 7.43. The molecule has 1 fully saturated rings. The fourth-order valence-electron chi connectivity index (χ4n) is 3.18. The molecule has 0 unspecified atom stereocenters. The Morgan fingerprint density at radius 1 is 1.25 bits per heavy atom. The van der Waals surface area contributed by atoms with Crippen LogP contribution in [0.5, 0.6) is 0 Å². The minimum absolute atomic E-state index is 0.167. The van der Waals surface area contributed by atoms with Gasteiger partial charge in [0.1, 0.15) is 5.82 Å². The largest absolute Gasteiger partial charge is 0.363 e. The Morgan fingerprint density at radius 2 is 2.12 bits per heavy atom. The molecule has 0 aliphatic carbocycles. The van der Waals surface area contributed by atoms with Gasteiger partial charge in [-0.25, -0.2) is 4.98 Å². The van der Waals surface area contributed by atoms with Crippen molar-refractivity contribution in [3.05, 3.63) is 54.0 Å². The molecule has 5 nitrogen and oxygen atoms in total. The number of amides is 1. The highest BCUT2D eigenvalue weighted by atomic mass is 16.2. The van der Waals surface area contributed by atoms with E-state index < -0.39 is 0 Å². The Kier molecular flexibility index (Phi) is 5.08. The van der Waals surface area contributed by atoms with E-state index in [2.05, 4.69) is 22.1 Å². The number of anilines is 1. The molecule has 1 atom stereocenters. The normalized spacial score (nSPS) is 17.6. The third-order valence-corrected chi connectivity index (χ3v) is 4.53. The van der Waals surface area contributed by atoms with Crippen molar-refractivity contribution in [1.29, 1.82) is 0 Å². The number of rotatable bonds is 4. The third-order valence-electron chi connectivity index (χ3n) is 4.53. The van der Waals surface area contributed by atoms with Crippen LogP contribution in [-0.2, 0) is 11.2 Å². The molecule has 0 bridgehead atoms. The number of hydrogen-bond acceptors (Lipinski definition) is 4. The fourth-order valence-corrected chi connectivity index (χ4v) is 3.18. The van der Waals surface area contributed by atoms with Gasteiger partial charge < -0.3 is 9.80 Å². The third kappa shape index (κ3) is 3.91. The van der Waals surface area contributed by atoms with Crippen LogP contribution in [0.1, 0.15) is 30.0 Å². The molecule has 3 heterocycles. The van der Waals surface area contributed by atoms with Gasteiger partial charge in [0.25, 0.3) is 0 Å². The first-order valence-electron chi connectivity index (χ1n) is 8.44. The highest BCUT2D eigenvalue weighted by molar-refractivity contribution is 5.78. The van der Waals surface area contributed by atoms with Crippen LogP contribution in [-0.4, -0.2) is 48.0 Å².